The van der Waals surface area contributed by atoms with Crippen LogP contribution in [0.4, 0.5) is 0 Å². The van der Waals surface area contributed by atoms with Crippen molar-refractivity contribution in [3.63, 3.8) is 0 Å². The van der Waals surface area contributed by atoms with Crippen molar-refractivity contribution in [1.82, 2.24) is 5.32 Å². The average molecular weight is 359 g/mol. The van der Waals surface area contributed by atoms with Crippen molar-refractivity contribution in [1.29, 1.82) is 0 Å². The Labute approximate surface area is 136 Å². The van der Waals surface area contributed by atoms with E-state index in [2.05, 4.69) is 5.32 Å². The van der Waals surface area contributed by atoms with Crippen LogP contribution in [-0.4, -0.2) is 41.9 Å². The van der Waals surface area contributed by atoms with Crippen molar-refractivity contribution in [2.75, 3.05) is 26.0 Å². The van der Waals surface area contributed by atoms with Crippen molar-refractivity contribution in [3.8, 4) is 0 Å². The zero-order valence-electron chi connectivity index (χ0n) is 12.8. The highest BCUT2D eigenvalue weighted by molar-refractivity contribution is 8.12. The second-order valence-electron chi connectivity index (χ2n) is 5.00. The van der Waals surface area contributed by atoms with E-state index in [0.29, 0.717) is 6.54 Å². The lowest BCUT2D eigenvalue weighted by atomic mass is 10.0. The molecule has 0 aliphatic carbocycles. The van der Waals surface area contributed by atoms with E-state index < -0.39 is 6.72 Å². The van der Waals surface area contributed by atoms with Crippen LogP contribution >= 0.6 is 18.8 Å². The summed E-state index contributed by atoms with van der Waals surface area (Å²) in [5.41, 5.74) is 0. The van der Waals surface area contributed by atoms with Crippen molar-refractivity contribution >= 4 is 36.5 Å². The molecule has 0 heterocycles. The quantitative estimate of drug-likeness (QED) is 0.279. The first-order chi connectivity index (χ1) is 9.82. The fourth-order valence-electron chi connectivity index (χ4n) is 1.52. The first-order valence-electron chi connectivity index (χ1n) is 6.90. The molecule has 0 radical (unpaired) electrons. The van der Waals surface area contributed by atoms with Crippen molar-refractivity contribution < 1.29 is 23.3 Å². The van der Waals surface area contributed by atoms with Crippen molar-refractivity contribution in [2.45, 2.75) is 33.1 Å². The standard InChI is InChI=1S/C12H26NO5PS2/c1-10(2)12(15)13-7-5-4-6-11(8-14)9-17-19(16,20)18-21-3/h10-11,14H,4-9H2,1-3H3,(H,13,15)(H,16,20). The number of hydrogen-bond donors (Lipinski definition) is 3. The average Bonchev–Trinajstić information content (AvgIpc) is 2.41. The lowest BCUT2D eigenvalue weighted by molar-refractivity contribution is -0.123. The third kappa shape index (κ3) is 11.5. The van der Waals surface area contributed by atoms with Gasteiger partial charge >= 0.3 is 6.72 Å². The van der Waals surface area contributed by atoms with Gasteiger partial charge in [-0.2, -0.15) is 0 Å². The Hall–Kier alpha value is 0.310. The molecule has 21 heavy (non-hydrogen) atoms. The second kappa shape index (κ2) is 11.8. The van der Waals surface area contributed by atoms with E-state index >= 15 is 0 Å². The van der Waals surface area contributed by atoms with Crippen LogP contribution in [0.5, 0.6) is 0 Å². The van der Waals surface area contributed by atoms with Crippen LogP contribution < -0.4 is 5.32 Å². The fourth-order valence-corrected chi connectivity index (χ4v) is 3.57. The van der Waals surface area contributed by atoms with E-state index in [4.69, 9.17) is 20.3 Å². The van der Waals surface area contributed by atoms with Gasteiger partial charge in [-0.15, -0.1) is 0 Å². The van der Waals surface area contributed by atoms with Crippen LogP contribution in [0, 0.1) is 11.8 Å². The molecule has 9 heteroatoms. The summed E-state index contributed by atoms with van der Waals surface area (Å²) in [5, 5.41) is 12.1. The molecule has 0 spiro atoms. The molecular weight excluding hydrogens is 333 g/mol. The molecule has 0 aromatic rings. The molecule has 0 bridgehead atoms. The van der Waals surface area contributed by atoms with Crippen molar-refractivity contribution in [2.24, 2.45) is 11.8 Å². The molecule has 0 saturated carbocycles. The number of carbonyl (C=O) groups is 1. The zero-order chi connectivity index (χ0) is 16.3. The maximum Gasteiger partial charge on any atom is 0.335 e. The van der Waals surface area contributed by atoms with Gasteiger partial charge < -0.3 is 19.8 Å². The van der Waals surface area contributed by atoms with Gasteiger partial charge in [0.2, 0.25) is 5.91 Å². The number of nitrogens with one attached hydrogen (secondary N) is 1. The van der Waals surface area contributed by atoms with Crippen molar-refractivity contribution in [3.05, 3.63) is 0 Å². The van der Waals surface area contributed by atoms with E-state index in [1.165, 1.54) is 0 Å². The molecule has 2 atom stereocenters. The highest BCUT2D eigenvalue weighted by Gasteiger charge is 2.18. The normalized spacial score (nSPS) is 15.7. The minimum Gasteiger partial charge on any atom is -0.396 e. The molecule has 6 nitrogen and oxygen atoms in total. The highest BCUT2D eigenvalue weighted by Crippen LogP contribution is 2.47. The summed E-state index contributed by atoms with van der Waals surface area (Å²) < 4.78 is 10.0. The van der Waals surface area contributed by atoms with Crippen LogP contribution in [-0.2, 0) is 25.1 Å². The summed E-state index contributed by atoms with van der Waals surface area (Å²) in [6, 6.07) is 0. The maximum absolute atomic E-state index is 11.3. The monoisotopic (exact) mass is 359 g/mol. The lowest BCUT2D eigenvalue weighted by Crippen LogP contribution is -2.28. The van der Waals surface area contributed by atoms with Gasteiger partial charge in [-0.25, -0.2) is 3.97 Å². The predicted molar refractivity (Wildman–Crippen MR) is 89.3 cm³/mol. The topological polar surface area (TPSA) is 88.0 Å². The molecule has 1 amide bonds. The van der Waals surface area contributed by atoms with Gasteiger partial charge in [-0.05, 0) is 36.7 Å². The summed E-state index contributed by atoms with van der Waals surface area (Å²) in [5.74, 6) is -0.0494. The highest BCUT2D eigenvalue weighted by atomic mass is 32.5. The Morgan fingerprint density at radius 3 is 2.62 bits per heavy atom. The van der Waals surface area contributed by atoms with E-state index in [0.717, 1.165) is 31.3 Å². The molecule has 0 aliphatic heterocycles. The number of rotatable bonds is 12. The summed E-state index contributed by atoms with van der Waals surface area (Å²) in [4.78, 5) is 21.0. The zero-order valence-corrected chi connectivity index (χ0v) is 15.3. The van der Waals surface area contributed by atoms with E-state index in [9.17, 15) is 14.8 Å². The van der Waals surface area contributed by atoms with E-state index in [-0.39, 0.29) is 31.0 Å². The summed E-state index contributed by atoms with van der Waals surface area (Å²) in [6.45, 7) is 1.27. The lowest BCUT2D eigenvalue weighted by Gasteiger charge is -2.18. The molecule has 0 aromatic heterocycles. The smallest absolute Gasteiger partial charge is 0.335 e. The van der Waals surface area contributed by atoms with Crippen LogP contribution in [0.15, 0.2) is 0 Å². The third-order valence-electron chi connectivity index (χ3n) is 2.76. The Morgan fingerprint density at radius 2 is 2.10 bits per heavy atom. The molecule has 126 valence electrons. The Morgan fingerprint density at radius 1 is 1.43 bits per heavy atom. The molecule has 3 N–H and O–H groups in total. The predicted octanol–water partition coefficient (Wildman–Crippen LogP) is 2.07. The van der Waals surface area contributed by atoms with Gasteiger partial charge in [0, 0.05) is 31.2 Å². The van der Waals surface area contributed by atoms with E-state index in [1.54, 1.807) is 6.26 Å². The van der Waals surface area contributed by atoms with E-state index in [1.807, 2.05) is 13.8 Å². The van der Waals surface area contributed by atoms with Gasteiger partial charge in [-0.3, -0.25) is 4.79 Å². The second-order valence-corrected chi connectivity index (χ2v) is 8.50. The SMILES string of the molecule is CSOP(O)(=S)OCC(CO)CCCCNC(=O)C(C)C. The number of hydrogen-bond acceptors (Lipinski definition) is 6. The minimum absolute atomic E-state index is 0.00581. The molecule has 0 aromatic carbocycles. The van der Waals surface area contributed by atoms with Gasteiger partial charge in [-0.1, -0.05) is 20.3 Å². The minimum atomic E-state index is -3.20. The van der Waals surface area contributed by atoms with Gasteiger partial charge in [0.05, 0.1) is 6.61 Å². The molecule has 2 unspecified atom stereocenters. The summed E-state index contributed by atoms with van der Waals surface area (Å²) in [6.07, 6.45) is 4.08. The fraction of sp³-hybridized carbons (Fsp3) is 0.917. The maximum atomic E-state index is 11.3. The molecule has 0 fully saturated rings. The molecule has 0 rings (SSSR count). The summed E-state index contributed by atoms with van der Waals surface area (Å²) >= 11 is 5.75. The number of carbonyl (C=O) groups excluding carboxylic acids is 1. The Kier molecular flexibility index (Phi) is 12.0. The number of unbranched alkanes of at least 4 members (excludes halogenated alkanes) is 1. The molecular formula is C12H26NO5PS2. The Balaban J connectivity index is 3.81. The van der Waals surface area contributed by atoms with Gasteiger partial charge in [0.1, 0.15) is 0 Å². The van der Waals surface area contributed by atoms with Gasteiger partial charge in [0.25, 0.3) is 0 Å². The number of aliphatic hydroxyl groups excluding tert-OH is 1. The summed E-state index contributed by atoms with van der Waals surface area (Å²) in [7, 11) is 0. The van der Waals surface area contributed by atoms with Crippen LogP contribution in [0.2, 0.25) is 0 Å². The first kappa shape index (κ1) is 21.3. The van der Waals surface area contributed by atoms with Crippen LogP contribution in [0.1, 0.15) is 33.1 Å². The first-order valence-corrected chi connectivity index (χ1v) is 10.6. The third-order valence-corrected chi connectivity index (χ3v) is 5.45. The number of amides is 1. The molecule has 0 aliphatic rings. The van der Waals surface area contributed by atoms with Gasteiger partial charge in [0.15, 0.2) is 0 Å². The number of aliphatic hydroxyl groups is 1. The van der Waals surface area contributed by atoms with Crippen LogP contribution in [0.25, 0.3) is 0 Å². The largest absolute Gasteiger partial charge is 0.396 e. The Bertz CT molecular complexity index is 344. The van der Waals surface area contributed by atoms with Crippen LogP contribution in [0.3, 0.4) is 0 Å². The molecule has 0 saturated heterocycles.